The van der Waals surface area contributed by atoms with Gasteiger partial charge in [0.15, 0.2) is 0 Å². The molecule has 78 valence electrons. The molecule has 1 atom stereocenters. The molecular weight excluding hydrogens is 190 g/mol. The number of nitrogens with one attached hydrogen (secondary N) is 1. The SMILES string of the molecule is C=C(C)C(CCCc1cccs1)NC. The minimum Gasteiger partial charge on any atom is -0.313 e. The van der Waals surface area contributed by atoms with Crippen molar-refractivity contribution in [2.24, 2.45) is 0 Å². The highest BCUT2D eigenvalue weighted by molar-refractivity contribution is 7.09. The van der Waals surface area contributed by atoms with Crippen LogP contribution in [0.4, 0.5) is 0 Å². The molecule has 0 aliphatic heterocycles. The van der Waals surface area contributed by atoms with Gasteiger partial charge in [0, 0.05) is 10.9 Å². The fraction of sp³-hybridized carbons (Fsp3) is 0.500. The molecule has 1 aromatic rings. The van der Waals surface area contributed by atoms with Gasteiger partial charge in [-0.2, -0.15) is 0 Å². The number of thiophene rings is 1. The lowest BCUT2D eigenvalue weighted by molar-refractivity contribution is 0.564. The first kappa shape index (κ1) is 11.5. The summed E-state index contributed by atoms with van der Waals surface area (Å²) in [6.07, 6.45) is 3.62. The first-order valence-electron chi connectivity index (χ1n) is 5.09. The summed E-state index contributed by atoms with van der Waals surface area (Å²) in [6.45, 7) is 6.07. The highest BCUT2D eigenvalue weighted by atomic mass is 32.1. The van der Waals surface area contributed by atoms with E-state index in [1.807, 2.05) is 18.4 Å². The predicted molar refractivity (Wildman–Crippen MR) is 64.9 cm³/mol. The van der Waals surface area contributed by atoms with E-state index in [4.69, 9.17) is 0 Å². The largest absolute Gasteiger partial charge is 0.313 e. The first-order chi connectivity index (χ1) is 6.74. The monoisotopic (exact) mass is 209 g/mol. The van der Waals surface area contributed by atoms with E-state index in [1.54, 1.807) is 0 Å². The Kier molecular flexibility index (Phi) is 4.91. The average molecular weight is 209 g/mol. The number of hydrogen-bond donors (Lipinski definition) is 1. The molecule has 2 heteroatoms. The van der Waals surface area contributed by atoms with Crippen LogP contribution in [0.1, 0.15) is 24.6 Å². The molecule has 1 aromatic heterocycles. The molecule has 0 saturated carbocycles. The molecule has 0 bridgehead atoms. The third-order valence-electron chi connectivity index (χ3n) is 2.44. The van der Waals surface area contributed by atoms with Crippen molar-refractivity contribution in [2.45, 2.75) is 32.2 Å². The van der Waals surface area contributed by atoms with Gasteiger partial charge in [-0.3, -0.25) is 0 Å². The van der Waals surface area contributed by atoms with Gasteiger partial charge in [0.1, 0.15) is 0 Å². The number of rotatable bonds is 6. The van der Waals surface area contributed by atoms with Crippen LogP contribution in [0, 0.1) is 0 Å². The van der Waals surface area contributed by atoms with Gasteiger partial charge in [0.2, 0.25) is 0 Å². The Hall–Kier alpha value is -0.600. The number of aryl methyl sites for hydroxylation is 1. The summed E-state index contributed by atoms with van der Waals surface area (Å²) in [6, 6.07) is 4.81. The van der Waals surface area contributed by atoms with Gasteiger partial charge >= 0.3 is 0 Å². The standard InChI is InChI=1S/C12H19NS/c1-10(2)12(13-3)8-4-6-11-7-5-9-14-11/h5,7,9,12-13H,1,4,6,8H2,2-3H3. The summed E-state index contributed by atoms with van der Waals surface area (Å²) in [5, 5.41) is 5.43. The van der Waals surface area contributed by atoms with Crippen LogP contribution in [-0.4, -0.2) is 13.1 Å². The summed E-state index contributed by atoms with van der Waals surface area (Å²) >= 11 is 1.85. The molecule has 0 aromatic carbocycles. The van der Waals surface area contributed by atoms with Crippen molar-refractivity contribution < 1.29 is 0 Å². The van der Waals surface area contributed by atoms with Crippen LogP contribution in [0.2, 0.25) is 0 Å². The van der Waals surface area contributed by atoms with Crippen molar-refractivity contribution in [1.82, 2.24) is 5.32 Å². The Labute approximate surface area is 90.9 Å². The Morgan fingerprint density at radius 3 is 2.93 bits per heavy atom. The topological polar surface area (TPSA) is 12.0 Å². The van der Waals surface area contributed by atoms with Crippen LogP contribution >= 0.6 is 11.3 Å². The zero-order chi connectivity index (χ0) is 10.4. The fourth-order valence-electron chi connectivity index (χ4n) is 1.57. The summed E-state index contributed by atoms with van der Waals surface area (Å²) < 4.78 is 0. The second kappa shape index (κ2) is 5.99. The van der Waals surface area contributed by atoms with Crippen molar-refractivity contribution >= 4 is 11.3 Å². The van der Waals surface area contributed by atoms with Crippen molar-refractivity contribution in [2.75, 3.05) is 7.05 Å². The van der Waals surface area contributed by atoms with Crippen LogP contribution < -0.4 is 5.32 Å². The molecule has 0 amide bonds. The van der Waals surface area contributed by atoms with Gasteiger partial charge in [0.25, 0.3) is 0 Å². The lowest BCUT2D eigenvalue weighted by Gasteiger charge is -2.15. The molecule has 0 aliphatic rings. The Morgan fingerprint density at radius 2 is 2.43 bits per heavy atom. The van der Waals surface area contributed by atoms with Gasteiger partial charge in [-0.1, -0.05) is 18.2 Å². The van der Waals surface area contributed by atoms with E-state index in [0.717, 1.165) is 0 Å². The Bertz CT molecular complexity index is 264. The zero-order valence-electron chi connectivity index (χ0n) is 9.05. The molecule has 0 radical (unpaired) electrons. The second-order valence-electron chi connectivity index (χ2n) is 3.66. The maximum atomic E-state index is 3.98. The van der Waals surface area contributed by atoms with Crippen molar-refractivity contribution in [3.8, 4) is 0 Å². The lowest BCUT2D eigenvalue weighted by Crippen LogP contribution is -2.25. The number of hydrogen-bond acceptors (Lipinski definition) is 2. The molecular formula is C12H19NS. The number of likely N-dealkylation sites (N-methyl/N-ethyl adjacent to an activating group) is 1. The minimum atomic E-state index is 0.481. The molecule has 0 spiro atoms. The molecule has 1 heterocycles. The van der Waals surface area contributed by atoms with E-state index in [0.29, 0.717) is 6.04 Å². The normalized spacial score (nSPS) is 12.7. The summed E-state index contributed by atoms with van der Waals surface area (Å²) in [5.74, 6) is 0. The summed E-state index contributed by atoms with van der Waals surface area (Å²) in [7, 11) is 2.00. The summed E-state index contributed by atoms with van der Waals surface area (Å²) in [5.41, 5.74) is 1.23. The van der Waals surface area contributed by atoms with E-state index in [9.17, 15) is 0 Å². The quantitative estimate of drug-likeness (QED) is 0.709. The second-order valence-corrected chi connectivity index (χ2v) is 4.69. The molecule has 1 nitrogen and oxygen atoms in total. The maximum Gasteiger partial charge on any atom is 0.0271 e. The van der Waals surface area contributed by atoms with E-state index in [1.165, 1.54) is 29.7 Å². The van der Waals surface area contributed by atoms with Crippen molar-refractivity contribution in [3.05, 3.63) is 34.5 Å². The average Bonchev–Trinajstić information content (AvgIpc) is 2.64. The van der Waals surface area contributed by atoms with Gasteiger partial charge in [-0.05, 0) is 44.7 Å². The van der Waals surface area contributed by atoms with Crippen molar-refractivity contribution in [1.29, 1.82) is 0 Å². The Morgan fingerprint density at radius 1 is 1.64 bits per heavy atom. The zero-order valence-corrected chi connectivity index (χ0v) is 9.86. The van der Waals surface area contributed by atoms with E-state index < -0.39 is 0 Å². The molecule has 0 saturated heterocycles. The molecule has 1 rings (SSSR count). The van der Waals surface area contributed by atoms with E-state index in [-0.39, 0.29) is 0 Å². The van der Waals surface area contributed by atoms with Gasteiger partial charge in [-0.25, -0.2) is 0 Å². The third kappa shape index (κ3) is 3.64. The van der Waals surface area contributed by atoms with Crippen LogP contribution in [0.3, 0.4) is 0 Å². The minimum absolute atomic E-state index is 0.481. The van der Waals surface area contributed by atoms with E-state index >= 15 is 0 Å². The smallest absolute Gasteiger partial charge is 0.0271 e. The van der Waals surface area contributed by atoms with Gasteiger partial charge in [0.05, 0.1) is 0 Å². The van der Waals surface area contributed by atoms with Crippen LogP contribution in [0.15, 0.2) is 29.7 Å². The highest BCUT2D eigenvalue weighted by Crippen LogP contribution is 2.14. The Balaban J connectivity index is 2.23. The molecule has 0 fully saturated rings. The maximum absolute atomic E-state index is 3.98. The van der Waals surface area contributed by atoms with Gasteiger partial charge in [-0.15, -0.1) is 11.3 Å². The van der Waals surface area contributed by atoms with Crippen LogP contribution in [0.25, 0.3) is 0 Å². The predicted octanol–water partition coefficient (Wildman–Crippen LogP) is 3.23. The van der Waals surface area contributed by atoms with E-state index in [2.05, 4.69) is 36.3 Å². The molecule has 0 aliphatic carbocycles. The third-order valence-corrected chi connectivity index (χ3v) is 3.38. The fourth-order valence-corrected chi connectivity index (χ4v) is 2.32. The van der Waals surface area contributed by atoms with Gasteiger partial charge < -0.3 is 5.32 Å². The molecule has 1 unspecified atom stereocenters. The highest BCUT2D eigenvalue weighted by Gasteiger charge is 2.05. The van der Waals surface area contributed by atoms with Crippen molar-refractivity contribution in [3.63, 3.8) is 0 Å². The van der Waals surface area contributed by atoms with Crippen LogP contribution in [0.5, 0.6) is 0 Å². The lowest BCUT2D eigenvalue weighted by atomic mass is 10.0. The van der Waals surface area contributed by atoms with Crippen LogP contribution in [-0.2, 0) is 6.42 Å². The molecule has 14 heavy (non-hydrogen) atoms. The molecule has 1 N–H and O–H groups in total. The summed E-state index contributed by atoms with van der Waals surface area (Å²) in [4.78, 5) is 1.49. The first-order valence-corrected chi connectivity index (χ1v) is 5.97.